The average molecular weight is 398 g/mol. The number of hydrogen-bond acceptors (Lipinski definition) is 5. The summed E-state index contributed by atoms with van der Waals surface area (Å²) in [4.78, 5) is 17.6. The molecule has 0 radical (unpaired) electrons. The summed E-state index contributed by atoms with van der Waals surface area (Å²) < 4.78 is 19.0. The van der Waals surface area contributed by atoms with Crippen LogP contribution in [0.15, 0.2) is 54.0 Å². The summed E-state index contributed by atoms with van der Waals surface area (Å²) in [5.74, 6) is 1.87. The monoisotopic (exact) mass is 398 g/mol. The van der Waals surface area contributed by atoms with Crippen LogP contribution in [0.5, 0.6) is 17.2 Å². The molecule has 1 aromatic heterocycles. The summed E-state index contributed by atoms with van der Waals surface area (Å²) in [5, 5.41) is 0. The van der Waals surface area contributed by atoms with Crippen molar-refractivity contribution in [1.29, 1.82) is 0 Å². The van der Waals surface area contributed by atoms with Crippen molar-refractivity contribution >= 4 is 27.5 Å². The van der Waals surface area contributed by atoms with Gasteiger partial charge in [-0.1, -0.05) is 29.5 Å². The first-order valence-electron chi connectivity index (χ1n) is 8.67. The van der Waals surface area contributed by atoms with Gasteiger partial charge in [-0.2, -0.15) is 4.99 Å². The number of ether oxygens (including phenoxy) is 3. The molecule has 2 aromatic carbocycles. The number of benzene rings is 2. The van der Waals surface area contributed by atoms with Crippen LogP contribution in [0.1, 0.15) is 5.56 Å². The molecule has 3 aromatic rings. The van der Waals surface area contributed by atoms with Crippen molar-refractivity contribution in [3.8, 4) is 17.2 Å². The Morgan fingerprint density at radius 1 is 1.14 bits per heavy atom. The van der Waals surface area contributed by atoms with Gasteiger partial charge in [0.2, 0.25) is 0 Å². The first kappa shape index (κ1) is 19.7. The summed E-state index contributed by atoms with van der Waals surface area (Å²) in [6, 6.07) is 11.1. The van der Waals surface area contributed by atoms with Crippen LogP contribution in [0, 0.1) is 0 Å². The maximum atomic E-state index is 12.6. The lowest BCUT2D eigenvalue weighted by Crippen LogP contribution is -2.17. The zero-order valence-electron chi connectivity index (χ0n) is 16.1. The molecule has 0 bridgehead atoms. The van der Waals surface area contributed by atoms with Gasteiger partial charge < -0.3 is 18.8 Å². The molecule has 0 saturated heterocycles. The van der Waals surface area contributed by atoms with Gasteiger partial charge >= 0.3 is 0 Å². The molecule has 0 fully saturated rings. The van der Waals surface area contributed by atoms with E-state index in [2.05, 4.69) is 11.6 Å². The van der Waals surface area contributed by atoms with Crippen molar-refractivity contribution in [1.82, 2.24) is 4.57 Å². The van der Waals surface area contributed by atoms with Crippen LogP contribution < -0.4 is 19.0 Å². The lowest BCUT2D eigenvalue weighted by Gasteiger charge is -2.08. The molecule has 0 atom stereocenters. The van der Waals surface area contributed by atoms with Crippen LogP contribution in [-0.4, -0.2) is 31.8 Å². The molecule has 0 aliphatic rings. The quantitative estimate of drug-likeness (QED) is 0.571. The average Bonchev–Trinajstić information content (AvgIpc) is 3.05. The Labute approximate surface area is 167 Å². The number of hydrogen-bond donors (Lipinski definition) is 0. The SMILES string of the molecule is C=CCn1c(=NC(=O)Cc2cccc(OC)c2)sc2c(OC)ccc(OC)c21. The largest absolute Gasteiger partial charge is 0.497 e. The predicted octanol–water partition coefficient (Wildman–Crippen LogP) is 3.58. The molecule has 0 spiro atoms. The zero-order chi connectivity index (χ0) is 20.1. The highest BCUT2D eigenvalue weighted by molar-refractivity contribution is 7.16. The molecule has 7 heteroatoms. The molecule has 1 heterocycles. The van der Waals surface area contributed by atoms with Crippen LogP contribution in [0.4, 0.5) is 0 Å². The van der Waals surface area contributed by atoms with Crippen LogP contribution in [0.25, 0.3) is 10.2 Å². The Hall–Kier alpha value is -3.06. The molecule has 0 saturated carbocycles. The fourth-order valence-electron chi connectivity index (χ4n) is 2.94. The van der Waals surface area contributed by atoms with Crippen molar-refractivity contribution in [2.24, 2.45) is 4.99 Å². The molecule has 3 rings (SSSR count). The van der Waals surface area contributed by atoms with E-state index >= 15 is 0 Å². The van der Waals surface area contributed by atoms with Crippen molar-refractivity contribution in [3.05, 3.63) is 59.4 Å². The second-order valence-electron chi connectivity index (χ2n) is 5.97. The number of methoxy groups -OCH3 is 3. The van der Waals surface area contributed by atoms with Crippen molar-refractivity contribution in [2.75, 3.05) is 21.3 Å². The third-order valence-corrected chi connectivity index (χ3v) is 5.31. The fraction of sp³-hybridized carbons (Fsp3) is 0.238. The minimum absolute atomic E-state index is 0.188. The molecule has 146 valence electrons. The van der Waals surface area contributed by atoms with Crippen molar-refractivity contribution in [3.63, 3.8) is 0 Å². The highest BCUT2D eigenvalue weighted by atomic mass is 32.1. The van der Waals surface area contributed by atoms with Crippen LogP contribution in [0.2, 0.25) is 0 Å². The van der Waals surface area contributed by atoms with Gasteiger partial charge in [0.15, 0.2) is 4.80 Å². The number of carbonyl (C=O) groups is 1. The molecule has 0 unspecified atom stereocenters. The van der Waals surface area contributed by atoms with E-state index in [0.29, 0.717) is 28.6 Å². The first-order valence-corrected chi connectivity index (χ1v) is 9.48. The minimum atomic E-state index is -0.240. The number of thiazole rings is 1. The van der Waals surface area contributed by atoms with E-state index in [0.717, 1.165) is 15.8 Å². The van der Waals surface area contributed by atoms with Gasteiger partial charge in [-0.05, 0) is 29.8 Å². The zero-order valence-corrected chi connectivity index (χ0v) is 16.9. The maximum absolute atomic E-state index is 12.6. The van der Waals surface area contributed by atoms with Crippen LogP contribution in [-0.2, 0) is 17.8 Å². The minimum Gasteiger partial charge on any atom is -0.497 e. The van der Waals surface area contributed by atoms with Gasteiger partial charge in [-0.25, -0.2) is 0 Å². The third kappa shape index (κ3) is 3.94. The standard InChI is InChI=1S/C21H22N2O4S/c1-5-11-23-19-16(26-3)9-10-17(27-4)20(19)28-21(23)22-18(24)13-14-7-6-8-15(12-14)25-2/h5-10,12H,1,11,13H2,2-4H3. The smallest absolute Gasteiger partial charge is 0.252 e. The molecule has 0 N–H and O–H groups in total. The second kappa shape index (κ2) is 8.75. The van der Waals surface area contributed by atoms with Gasteiger partial charge in [0, 0.05) is 6.54 Å². The Morgan fingerprint density at radius 2 is 1.89 bits per heavy atom. The normalized spacial score (nSPS) is 11.5. The molecule has 0 aliphatic carbocycles. The lowest BCUT2D eigenvalue weighted by atomic mass is 10.1. The van der Waals surface area contributed by atoms with Gasteiger partial charge in [-0.15, -0.1) is 6.58 Å². The van der Waals surface area contributed by atoms with Crippen molar-refractivity contribution < 1.29 is 19.0 Å². The van der Waals surface area contributed by atoms with E-state index < -0.39 is 0 Å². The number of fused-ring (bicyclic) bond motifs is 1. The molecular weight excluding hydrogens is 376 g/mol. The number of nitrogens with zero attached hydrogens (tertiary/aromatic N) is 2. The van der Waals surface area contributed by atoms with Gasteiger partial charge in [0.1, 0.15) is 27.5 Å². The van der Waals surface area contributed by atoms with E-state index in [4.69, 9.17) is 14.2 Å². The Bertz CT molecular complexity index is 1080. The van der Waals surface area contributed by atoms with Gasteiger partial charge in [0.05, 0.1) is 27.8 Å². The third-order valence-electron chi connectivity index (χ3n) is 4.21. The molecule has 1 amide bonds. The van der Waals surface area contributed by atoms with Crippen LogP contribution >= 0.6 is 11.3 Å². The van der Waals surface area contributed by atoms with E-state index in [1.54, 1.807) is 27.4 Å². The van der Waals surface area contributed by atoms with E-state index in [1.807, 2.05) is 41.0 Å². The van der Waals surface area contributed by atoms with E-state index in [9.17, 15) is 4.79 Å². The Balaban J connectivity index is 2.08. The van der Waals surface area contributed by atoms with Crippen molar-refractivity contribution in [2.45, 2.75) is 13.0 Å². The first-order chi connectivity index (χ1) is 13.6. The summed E-state index contributed by atoms with van der Waals surface area (Å²) in [6.45, 7) is 4.31. The Morgan fingerprint density at radius 3 is 2.57 bits per heavy atom. The number of allylic oxidation sites excluding steroid dienone is 1. The summed E-state index contributed by atoms with van der Waals surface area (Å²) in [7, 11) is 4.83. The topological polar surface area (TPSA) is 62.1 Å². The lowest BCUT2D eigenvalue weighted by molar-refractivity contribution is -0.117. The second-order valence-corrected chi connectivity index (χ2v) is 6.94. The maximum Gasteiger partial charge on any atom is 0.252 e. The summed E-state index contributed by atoms with van der Waals surface area (Å²) in [6.07, 6.45) is 1.95. The van der Waals surface area contributed by atoms with Crippen LogP contribution in [0.3, 0.4) is 0 Å². The molecule has 28 heavy (non-hydrogen) atoms. The predicted molar refractivity (Wildman–Crippen MR) is 110 cm³/mol. The highest BCUT2D eigenvalue weighted by Crippen LogP contribution is 2.35. The van der Waals surface area contributed by atoms with E-state index in [-0.39, 0.29) is 12.3 Å². The number of rotatable bonds is 7. The van der Waals surface area contributed by atoms with E-state index in [1.165, 1.54) is 11.3 Å². The molecular formula is C21H22N2O4S. The number of carbonyl (C=O) groups excluding carboxylic acids is 1. The molecule has 0 aliphatic heterocycles. The summed E-state index contributed by atoms with van der Waals surface area (Å²) >= 11 is 1.39. The van der Waals surface area contributed by atoms with Gasteiger partial charge in [-0.3, -0.25) is 4.79 Å². The summed E-state index contributed by atoms with van der Waals surface area (Å²) in [5.41, 5.74) is 1.68. The Kier molecular flexibility index (Phi) is 6.16. The van der Waals surface area contributed by atoms with Gasteiger partial charge in [0.25, 0.3) is 5.91 Å². The number of aromatic nitrogens is 1. The molecule has 6 nitrogen and oxygen atoms in total. The highest BCUT2D eigenvalue weighted by Gasteiger charge is 2.16. The fourth-order valence-corrected chi connectivity index (χ4v) is 4.11. The number of amides is 1.